The second-order valence-corrected chi connectivity index (χ2v) is 5.35. The highest BCUT2D eigenvalue weighted by atomic mass is 19.1. The standard InChI is InChI=1S/C14H21FN2/c1-10(2)5-6-17(13-3-4-13)14-8-11(15)7-12(16)9-14/h7-10,13H,3-6,16H2,1-2H3. The lowest BCUT2D eigenvalue weighted by molar-refractivity contribution is 0.569. The van der Waals surface area contributed by atoms with Crippen LogP contribution in [0, 0.1) is 11.7 Å². The first-order chi connectivity index (χ1) is 8.06. The molecular formula is C14H21FN2. The van der Waals surface area contributed by atoms with Crippen molar-refractivity contribution in [1.82, 2.24) is 0 Å². The summed E-state index contributed by atoms with van der Waals surface area (Å²) >= 11 is 0. The third kappa shape index (κ3) is 3.35. The molecule has 0 amide bonds. The predicted octanol–water partition coefficient (Wildman–Crippen LogP) is 3.42. The zero-order chi connectivity index (χ0) is 12.4. The van der Waals surface area contributed by atoms with E-state index in [0.717, 1.165) is 18.7 Å². The Morgan fingerprint density at radius 2 is 2.06 bits per heavy atom. The quantitative estimate of drug-likeness (QED) is 0.794. The van der Waals surface area contributed by atoms with E-state index in [2.05, 4.69) is 18.7 Å². The first-order valence-electron chi connectivity index (χ1n) is 6.39. The molecule has 0 aromatic heterocycles. The molecule has 1 aliphatic rings. The summed E-state index contributed by atoms with van der Waals surface area (Å²) < 4.78 is 13.4. The number of nitrogens with two attached hydrogens (primary N) is 1. The monoisotopic (exact) mass is 236 g/mol. The van der Waals surface area contributed by atoms with Crippen LogP contribution in [0.2, 0.25) is 0 Å². The topological polar surface area (TPSA) is 29.3 Å². The molecule has 94 valence electrons. The zero-order valence-corrected chi connectivity index (χ0v) is 10.6. The van der Waals surface area contributed by atoms with E-state index in [9.17, 15) is 4.39 Å². The molecule has 0 radical (unpaired) electrons. The maximum atomic E-state index is 13.4. The van der Waals surface area contributed by atoms with Gasteiger partial charge in [-0.1, -0.05) is 13.8 Å². The molecule has 0 heterocycles. The van der Waals surface area contributed by atoms with E-state index in [0.29, 0.717) is 17.6 Å². The average Bonchev–Trinajstić information content (AvgIpc) is 3.00. The minimum Gasteiger partial charge on any atom is -0.399 e. The number of hydrogen-bond donors (Lipinski definition) is 1. The largest absolute Gasteiger partial charge is 0.399 e. The van der Waals surface area contributed by atoms with Crippen molar-refractivity contribution >= 4 is 11.4 Å². The minimum atomic E-state index is -0.241. The molecule has 2 N–H and O–H groups in total. The lowest BCUT2D eigenvalue weighted by Gasteiger charge is -2.26. The van der Waals surface area contributed by atoms with Gasteiger partial charge in [-0.2, -0.15) is 0 Å². The van der Waals surface area contributed by atoms with E-state index in [4.69, 9.17) is 5.73 Å². The fourth-order valence-corrected chi connectivity index (χ4v) is 2.07. The van der Waals surface area contributed by atoms with Crippen LogP contribution in [0.3, 0.4) is 0 Å². The molecule has 2 rings (SSSR count). The summed E-state index contributed by atoms with van der Waals surface area (Å²) in [7, 11) is 0. The molecule has 1 aromatic rings. The Kier molecular flexibility index (Phi) is 3.55. The van der Waals surface area contributed by atoms with Gasteiger partial charge in [-0.3, -0.25) is 0 Å². The van der Waals surface area contributed by atoms with Gasteiger partial charge in [0.25, 0.3) is 0 Å². The number of hydrogen-bond acceptors (Lipinski definition) is 2. The van der Waals surface area contributed by atoms with Gasteiger partial charge in [-0.05, 0) is 43.4 Å². The van der Waals surface area contributed by atoms with Crippen molar-refractivity contribution in [3.05, 3.63) is 24.0 Å². The van der Waals surface area contributed by atoms with Crippen LogP contribution in [0.5, 0.6) is 0 Å². The Bertz CT molecular complexity index is 366. The number of anilines is 2. The number of benzene rings is 1. The van der Waals surface area contributed by atoms with Gasteiger partial charge < -0.3 is 10.6 Å². The average molecular weight is 236 g/mol. The molecule has 17 heavy (non-hydrogen) atoms. The first kappa shape index (κ1) is 12.2. The van der Waals surface area contributed by atoms with Crippen molar-refractivity contribution in [3.8, 4) is 0 Å². The molecule has 0 saturated heterocycles. The number of rotatable bonds is 5. The highest BCUT2D eigenvalue weighted by Gasteiger charge is 2.29. The highest BCUT2D eigenvalue weighted by molar-refractivity contribution is 5.57. The second kappa shape index (κ2) is 4.94. The smallest absolute Gasteiger partial charge is 0.127 e. The molecule has 0 spiro atoms. The fourth-order valence-electron chi connectivity index (χ4n) is 2.07. The molecule has 1 saturated carbocycles. The minimum absolute atomic E-state index is 0.241. The van der Waals surface area contributed by atoms with E-state index in [1.165, 1.54) is 18.9 Å². The van der Waals surface area contributed by atoms with Crippen LogP contribution in [-0.2, 0) is 0 Å². The third-order valence-corrected chi connectivity index (χ3v) is 3.17. The van der Waals surface area contributed by atoms with E-state index >= 15 is 0 Å². The Hall–Kier alpha value is -1.25. The van der Waals surface area contributed by atoms with E-state index in [1.54, 1.807) is 6.07 Å². The van der Waals surface area contributed by atoms with Crippen LogP contribution in [-0.4, -0.2) is 12.6 Å². The van der Waals surface area contributed by atoms with Gasteiger partial charge in [0.1, 0.15) is 5.82 Å². The summed E-state index contributed by atoms with van der Waals surface area (Å²) in [6, 6.07) is 5.43. The van der Waals surface area contributed by atoms with Gasteiger partial charge in [0.15, 0.2) is 0 Å². The van der Waals surface area contributed by atoms with Gasteiger partial charge in [-0.25, -0.2) is 4.39 Å². The lowest BCUT2D eigenvalue weighted by atomic mass is 10.1. The molecular weight excluding hydrogens is 215 g/mol. The SMILES string of the molecule is CC(C)CCN(c1cc(N)cc(F)c1)C1CC1. The Balaban J connectivity index is 2.14. The number of nitrogens with zero attached hydrogens (tertiary/aromatic N) is 1. The first-order valence-corrected chi connectivity index (χ1v) is 6.39. The molecule has 1 aromatic carbocycles. The highest BCUT2D eigenvalue weighted by Crippen LogP contribution is 2.33. The molecule has 0 bridgehead atoms. The second-order valence-electron chi connectivity index (χ2n) is 5.35. The van der Waals surface area contributed by atoms with Crippen molar-refractivity contribution in [2.24, 2.45) is 5.92 Å². The Morgan fingerprint density at radius 3 is 2.59 bits per heavy atom. The van der Waals surface area contributed by atoms with Crippen molar-refractivity contribution in [2.45, 2.75) is 39.2 Å². The summed E-state index contributed by atoms with van der Waals surface area (Å²) in [5.74, 6) is 0.428. The van der Waals surface area contributed by atoms with Crippen LogP contribution in [0.1, 0.15) is 33.1 Å². The van der Waals surface area contributed by atoms with Gasteiger partial charge in [-0.15, -0.1) is 0 Å². The van der Waals surface area contributed by atoms with Gasteiger partial charge >= 0.3 is 0 Å². The summed E-state index contributed by atoms with van der Waals surface area (Å²) in [4.78, 5) is 2.30. The van der Waals surface area contributed by atoms with Crippen LogP contribution >= 0.6 is 0 Å². The van der Waals surface area contributed by atoms with Crippen LogP contribution in [0.4, 0.5) is 15.8 Å². The Labute approximate surface area is 103 Å². The van der Waals surface area contributed by atoms with Gasteiger partial charge in [0, 0.05) is 24.0 Å². The van der Waals surface area contributed by atoms with E-state index in [1.807, 2.05) is 6.07 Å². The predicted molar refractivity (Wildman–Crippen MR) is 70.6 cm³/mol. The molecule has 2 nitrogen and oxygen atoms in total. The molecule has 0 atom stereocenters. The van der Waals surface area contributed by atoms with Gasteiger partial charge in [0.05, 0.1) is 0 Å². The maximum Gasteiger partial charge on any atom is 0.127 e. The lowest BCUT2D eigenvalue weighted by Crippen LogP contribution is -2.27. The van der Waals surface area contributed by atoms with E-state index < -0.39 is 0 Å². The van der Waals surface area contributed by atoms with E-state index in [-0.39, 0.29) is 5.82 Å². The number of halogens is 1. The third-order valence-electron chi connectivity index (χ3n) is 3.17. The number of nitrogen functional groups attached to an aromatic ring is 1. The van der Waals surface area contributed by atoms with Gasteiger partial charge in [0.2, 0.25) is 0 Å². The molecule has 0 unspecified atom stereocenters. The maximum absolute atomic E-state index is 13.4. The van der Waals surface area contributed by atoms with Crippen molar-refractivity contribution < 1.29 is 4.39 Å². The van der Waals surface area contributed by atoms with Crippen molar-refractivity contribution in [3.63, 3.8) is 0 Å². The normalized spacial score (nSPS) is 15.3. The molecule has 0 aliphatic heterocycles. The summed E-state index contributed by atoms with van der Waals surface area (Å²) in [6.07, 6.45) is 3.57. The molecule has 1 aliphatic carbocycles. The molecule has 3 heteroatoms. The van der Waals surface area contributed by atoms with Crippen molar-refractivity contribution in [2.75, 3.05) is 17.2 Å². The van der Waals surface area contributed by atoms with Crippen LogP contribution in [0.25, 0.3) is 0 Å². The van der Waals surface area contributed by atoms with Crippen LogP contribution < -0.4 is 10.6 Å². The van der Waals surface area contributed by atoms with Crippen LogP contribution in [0.15, 0.2) is 18.2 Å². The molecule has 1 fully saturated rings. The fraction of sp³-hybridized carbons (Fsp3) is 0.571. The van der Waals surface area contributed by atoms with Crippen molar-refractivity contribution in [1.29, 1.82) is 0 Å². The Morgan fingerprint density at radius 1 is 1.35 bits per heavy atom. The summed E-state index contributed by atoms with van der Waals surface area (Å²) in [6.45, 7) is 5.42. The zero-order valence-electron chi connectivity index (χ0n) is 10.6. The summed E-state index contributed by atoms with van der Waals surface area (Å²) in [5, 5.41) is 0. The summed E-state index contributed by atoms with van der Waals surface area (Å²) in [5.41, 5.74) is 7.15.